The summed E-state index contributed by atoms with van der Waals surface area (Å²) >= 11 is 1.24. The zero-order valence-electron chi connectivity index (χ0n) is 17.2. The van der Waals surface area contributed by atoms with Crippen LogP contribution in [0, 0.1) is 0 Å². The Bertz CT molecular complexity index is 1050. The fraction of sp³-hybridized carbons (Fsp3) is 0.333. The predicted octanol–water partition coefficient (Wildman–Crippen LogP) is 1.28. The van der Waals surface area contributed by atoms with Crippen molar-refractivity contribution >= 4 is 47.1 Å². The quantitative estimate of drug-likeness (QED) is 0.290. The van der Waals surface area contributed by atoms with Crippen molar-refractivity contribution in [3.8, 4) is 0 Å². The van der Waals surface area contributed by atoms with Gasteiger partial charge in [0.1, 0.15) is 0 Å². The van der Waals surface area contributed by atoms with Gasteiger partial charge in [-0.2, -0.15) is 9.97 Å². The normalized spacial score (nSPS) is 10.6. The molecule has 0 atom stereocenters. The number of rotatable bonds is 10. The topological polar surface area (TPSA) is 164 Å². The Hall–Kier alpha value is -3.61. The van der Waals surface area contributed by atoms with Crippen LogP contribution >= 0.6 is 11.8 Å². The van der Waals surface area contributed by atoms with Gasteiger partial charge in [-0.1, -0.05) is 23.9 Å². The number of hydrogen-bond acceptors (Lipinski definition) is 9. The first kappa shape index (κ1) is 22.1. The minimum absolute atomic E-state index is 0.155. The van der Waals surface area contributed by atoms with E-state index in [1.165, 1.54) is 11.8 Å². The van der Waals surface area contributed by atoms with Gasteiger partial charge in [-0.3, -0.25) is 4.79 Å². The largest absolute Gasteiger partial charge is 0.355 e. The summed E-state index contributed by atoms with van der Waals surface area (Å²) in [4.78, 5) is 31.9. The molecule has 164 valence electrons. The maximum Gasteiger partial charge on any atom is 0.316 e. The second-order valence-electron chi connectivity index (χ2n) is 6.30. The van der Waals surface area contributed by atoms with Crippen molar-refractivity contribution < 1.29 is 9.59 Å². The lowest BCUT2D eigenvalue weighted by Gasteiger charge is -2.10. The van der Waals surface area contributed by atoms with Gasteiger partial charge in [0.2, 0.25) is 17.8 Å². The summed E-state index contributed by atoms with van der Waals surface area (Å²) in [6.07, 6.45) is 0. The van der Waals surface area contributed by atoms with Crippen LogP contribution in [0.25, 0.3) is 5.78 Å². The minimum atomic E-state index is -0.625. The maximum atomic E-state index is 12.3. The van der Waals surface area contributed by atoms with Gasteiger partial charge in [-0.25, -0.2) is 9.20 Å². The number of urea groups is 1. The average Bonchev–Trinajstić information content (AvgIpc) is 3.15. The van der Waals surface area contributed by atoms with Gasteiger partial charge in [-0.15, -0.1) is 10.2 Å². The van der Waals surface area contributed by atoms with Gasteiger partial charge in [0, 0.05) is 25.3 Å². The SMILES string of the molecule is CCNc1nc(NCC)n2c(SCC(=O)NCc3ccc(NC(N)=O)cc3)nnc2n1. The maximum absolute atomic E-state index is 12.3. The molecule has 0 saturated heterocycles. The molecule has 0 radical (unpaired) electrons. The molecule has 13 heteroatoms. The summed E-state index contributed by atoms with van der Waals surface area (Å²) in [6.45, 7) is 5.61. The fourth-order valence-corrected chi connectivity index (χ4v) is 3.39. The van der Waals surface area contributed by atoms with Crippen LogP contribution in [0.2, 0.25) is 0 Å². The van der Waals surface area contributed by atoms with Gasteiger partial charge in [0.25, 0.3) is 5.78 Å². The highest BCUT2D eigenvalue weighted by Crippen LogP contribution is 2.21. The molecule has 3 amide bonds. The average molecular weight is 445 g/mol. The number of carbonyl (C=O) groups excluding carboxylic acids is 2. The number of primary amides is 1. The van der Waals surface area contributed by atoms with Gasteiger partial charge in [0.15, 0.2) is 5.16 Å². The molecule has 0 saturated carbocycles. The number of hydrogen-bond donors (Lipinski definition) is 5. The molecule has 12 nitrogen and oxygen atoms in total. The first-order chi connectivity index (χ1) is 15.0. The summed E-state index contributed by atoms with van der Waals surface area (Å²) in [6, 6.07) is 6.40. The highest BCUT2D eigenvalue weighted by molar-refractivity contribution is 7.99. The van der Waals surface area contributed by atoms with E-state index in [0.717, 1.165) is 5.56 Å². The van der Waals surface area contributed by atoms with Gasteiger partial charge in [0.05, 0.1) is 5.75 Å². The number of thioether (sulfide) groups is 1. The number of carbonyl (C=O) groups is 2. The summed E-state index contributed by atoms with van der Waals surface area (Å²) < 4.78 is 1.69. The molecular weight excluding hydrogens is 420 g/mol. The summed E-state index contributed by atoms with van der Waals surface area (Å²) in [5.74, 6) is 1.42. The van der Waals surface area contributed by atoms with Crippen LogP contribution < -0.4 is 27.0 Å². The van der Waals surface area contributed by atoms with E-state index in [4.69, 9.17) is 5.73 Å². The number of fused-ring (bicyclic) bond motifs is 1. The zero-order chi connectivity index (χ0) is 22.2. The Kier molecular flexibility index (Phi) is 7.43. The van der Waals surface area contributed by atoms with Gasteiger partial charge < -0.3 is 27.0 Å². The van der Waals surface area contributed by atoms with E-state index in [-0.39, 0.29) is 11.7 Å². The molecular formula is C18H24N10O2S. The first-order valence-electron chi connectivity index (χ1n) is 9.66. The summed E-state index contributed by atoms with van der Waals surface area (Å²) in [5.41, 5.74) is 6.56. The third kappa shape index (κ3) is 5.94. The molecule has 0 spiro atoms. The van der Waals surface area contributed by atoms with Crippen molar-refractivity contribution in [2.45, 2.75) is 25.5 Å². The van der Waals surface area contributed by atoms with Gasteiger partial charge >= 0.3 is 6.03 Å². The summed E-state index contributed by atoms with van der Waals surface area (Å²) in [5, 5.41) is 20.3. The number of nitrogens with two attached hydrogens (primary N) is 1. The second-order valence-corrected chi connectivity index (χ2v) is 7.24. The number of anilines is 3. The van der Waals surface area contributed by atoms with E-state index >= 15 is 0 Å². The molecule has 0 fully saturated rings. The molecule has 3 aromatic rings. The number of nitrogens with zero attached hydrogens (tertiary/aromatic N) is 5. The molecule has 0 aliphatic carbocycles. The van der Waals surface area contributed by atoms with Crippen molar-refractivity contribution in [3.63, 3.8) is 0 Å². The van der Waals surface area contributed by atoms with Crippen molar-refractivity contribution in [2.24, 2.45) is 5.73 Å². The molecule has 0 bridgehead atoms. The molecule has 0 aliphatic rings. The molecule has 0 unspecified atom stereocenters. The Labute approximate surface area is 182 Å². The fourth-order valence-electron chi connectivity index (χ4n) is 2.63. The van der Waals surface area contributed by atoms with Crippen LogP contribution in [0.1, 0.15) is 19.4 Å². The smallest absolute Gasteiger partial charge is 0.316 e. The van der Waals surface area contributed by atoms with Crippen molar-refractivity contribution in [1.29, 1.82) is 0 Å². The van der Waals surface area contributed by atoms with E-state index in [1.54, 1.807) is 28.7 Å². The third-order valence-electron chi connectivity index (χ3n) is 3.96. The molecule has 0 aliphatic heterocycles. The Balaban J connectivity index is 1.60. The lowest BCUT2D eigenvalue weighted by atomic mass is 10.2. The molecule has 6 N–H and O–H groups in total. The monoisotopic (exact) mass is 444 g/mol. The van der Waals surface area contributed by atoms with Crippen molar-refractivity contribution in [3.05, 3.63) is 29.8 Å². The van der Waals surface area contributed by atoms with E-state index in [2.05, 4.69) is 41.4 Å². The van der Waals surface area contributed by atoms with Crippen LogP contribution in [0.4, 0.5) is 22.4 Å². The summed E-state index contributed by atoms with van der Waals surface area (Å²) in [7, 11) is 0. The number of aromatic nitrogens is 5. The third-order valence-corrected chi connectivity index (χ3v) is 4.89. The Morgan fingerprint density at radius 1 is 1.06 bits per heavy atom. The number of nitrogens with one attached hydrogen (secondary N) is 4. The van der Waals surface area contributed by atoms with Crippen molar-refractivity contribution in [2.75, 3.05) is 34.8 Å². The van der Waals surface area contributed by atoms with Crippen molar-refractivity contribution in [1.82, 2.24) is 29.9 Å². The molecule has 1 aromatic carbocycles. The standard InChI is InChI=1S/C18H24N10O2S/c1-3-20-15-24-16(21-4-2)28-17(25-15)26-27-18(28)31-10-13(29)22-9-11-5-7-12(8-6-11)23-14(19)30/h5-8H,3-4,9-10H2,1-2H3,(H,22,29)(H3,19,23,30)(H2,20,21,24,25,26). The van der Waals surface area contributed by atoms with E-state index < -0.39 is 6.03 Å². The molecule has 2 aromatic heterocycles. The first-order valence-corrected chi connectivity index (χ1v) is 10.6. The lowest BCUT2D eigenvalue weighted by molar-refractivity contribution is -0.118. The molecule has 31 heavy (non-hydrogen) atoms. The molecule has 2 heterocycles. The van der Waals surface area contributed by atoms with Crippen LogP contribution in [0.5, 0.6) is 0 Å². The zero-order valence-corrected chi connectivity index (χ0v) is 18.0. The number of benzene rings is 1. The number of amides is 3. The highest BCUT2D eigenvalue weighted by Gasteiger charge is 2.15. The highest BCUT2D eigenvalue weighted by atomic mass is 32.2. The van der Waals surface area contributed by atoms with Gasteiger partial charge in [-0.05, 0) is 31.5 Å². The van der Waals surface area contributed by atoms with Crippen LogP contribution in [0.15, 0.2) is 29.4 Å². The van der Waals surface area contributed by atoms with Crippen LogP contribution in [-0.2, 0) is 11.3 Å². The van der Waals surface area contributed by atoms with E-state index in [0.29, 0.717) is 48.2 Å². The van der Waals surface area contributed by atoms with Crippen LogP contribution in [0.3, 0.4) is 0 Å². The Morgan fingerprint density at radius 2 is 1.81 bits per heavy atom. The Morgan fingerprint density at radius 3 is 2.48 bits per heavy atom. The van der Waals surface area contributed by atoms with Crippen LogP contribution in [-0.4, -0.2) is 55.3 Å². The van der Waals surface area contributed by atoms with E-state index in [9.17, 15) is 9.59 Å². The second kappa shape index (κ2) is 10.4. The minimum Gasteiger partial charge on any atom is -0.355 e. The molecule has 3 rings (SSSR count). The van der Waals surface area contributed by atoms with E-state index in [1.807, 2.05) is 13.8 Å². The lowest BCUT2D eigenvalue weighted by Crippen LogP contribution is -2.24. The predicted molar refractivity (Wildman–Crippen MR) is 119 cm³/mol.